The zero-order chi connectivity index (χ0) is 16.0. The average molecular weight is 314 g/mol. The van der Waals surface area contributed by atoms with Crippen molar-refractivity contribution in [3.8, 4) is 0 Å². The lowest BCUT2D eigenvalue weighted by molar-refractivity contribution is -0.0231. The van der Waals surface area contributed by atoms with Crippen LogP contribution in [0.3, 0.4) is 0 Å². The first-order valence-electron chi connectivity index (χ1n) is 6.43. The number of H-pyrrole nitrogens is 1. The number of rotatable bonds is 2. The summed E-state index contributed by atoms with van der Waals surface area (Å²) in [7, 11) is 0. The molecule has 22 heavy (non-hydrogen) atoms. The van der Waals surface area contributed by atoms with Crippen molar-refractivity contribution in [2.75, 3.05) is 6.61 Å². The lowest BCUT2D eigenvalue weighted by Crippen LogP contribution is -2.33. The Labute approximate surface area is 121 Å². The molecule has 2 unspecified atom stereocenters. The summed E-state index contributed by atoms with van der Waals surface area (Å²) in [5, 5.41) is 28.5. The number of aliphatic hydroxyl groups excluding tert-OH is 3. The first-order chi connectivity index (χ1) is 10.4. The third-order valence-electron chi connectivity index (χ3n) is 3.62. The third-order valence-corrected chi connectivity index (χ3v) is 3.62. The summed E-state index contributed by atoms with van der Waals surface area (Å²) < 4.78 is 32.0. The molecule has 0 aliphatic carbocycles. The molecular formula is C13H12F2N2O5. The van der Waals surface area contributed by atoms with Crippen molar-refractivity contribution >= 4 is 11.0 Å². The Kier molecular flexibility index (Phi) is 3.65. The summed E-state index contributed by atoms with van der Waals surface area (Å²) in [4.78, 5) is 17.6. The Hall–Kier alpha value is -1.94. The van der Waals surface area contributed by atoms with Crippen LogP contribution in [0.5, 0.6) is 0 Å². The van der Waals surface area contributed by atoms with Crippen LogP contribution in [0, 0.1) is 11.8 Å². The molecule has 1 aliphatic rings. The number of aromatic amines is 1. The van der Waals surface area contributed by atoms with Gasteiger partial charge in [0.05, 0.1) is 12.0 Å². The van der Waals surface area contributed by atoms with E-state index in [4.69, 9.17) is 9.84 Å². The van der Waals surface area contributed by atoms with E-state index in [0.29, 0.717) is 6.07 Å². The van der Waals surface area contributed by atoms with E-state index in [0.717, 1.165) is 6.07 Å². The second-order valence-electron chi connectivity index (χ2n) is 5.00. The Balaban J connectivity index is 2.12. The molecule has 7 nitrogen and oxygen atoms in total. The SMILES string of the molecule is O=c1[nH]c2nc(F)cc(F)c2cc1[C@@H]1O[C@H](CO)C(O)C1O. The Morgan fingerprint density at radius 3 is 2.64 bits per heavy atom. The van der Waals surface area contributed by atoms with E-state index in [-0.39, 0.29) is 16.6 Å². The Bertz CT molecular complexity index is 781. The number of halogens is 2. The number of ether oxygens (including phenoxy) is 1. The number of aliphatic hydroxyl groups is 3. The highest BCUT2D eigenvalue weighted by atomic mass is 19.1. The first-order valence-corrected chi connectivity index (χ1v) is 6.43. The molecule has 0 bridgehead atoms. The van der Waals surface area contributed by atoms with E-state index in [1.807, 2.05) is 0 Å². The minimum atomic E-state index is -1.47. The van der Waals surface area contributed by atoms with Crippen LogP contribution in [0.25, 0.3) is 11.0 Å². The zero-order valence-corrected chi connectivity index (χ0v) is 11.0. The second-order valence-corrected chi connectivity index (χ2v) is 5.00. The molecular weight excluding hydrogens is 302 g/mol. The topological polar surface area (TPSA) is 116 Å². The van der Waals surface area contributed by atoms with E-state index >= 15 is 0 Å². The molecule has 4 atom stereocenters. The smallest absolute Gasteiger partial charge is 0.255 e. The predicted octanol–water partition coefficient (Wildman–Crippen LogP) is -0.645. The number of pyridine rings is 2. The van der Waals surface area contributed by atoms with Crippen molar-refractivity contribution < 1.29 is 28.8 Å². The van der Waals surface area contributed by atoms with Crippen LogP contribution < -0.4 is 5.56 Å². The highest BCUT2D eigenvalue weighted by molar-refractivity contribution is 5.75. The van der Waals surface area contributed by atoms with E-state index in [2.05, 4.69) is 9.97 Å². The van der Waals surface area contributed by atoms with E-state index in [9.17, 15) is 23.8 Å². The summed E-state index contributed by atoms with van der Waals surface area (Å²) in [6, 6.07) is 1.64. The summed E-state index contributed by atoms with van der Waals surface area (Å²) in [5.74, 6) is -2.02. The van der Waals surface area contributed by atoms with Crippen molar-refractivity contribution in [3.63, 3.8) is 0 Å². The van der Waals surface area contributed by atoms with Crippen LogP contribution in [0.1, 0.15) is 11.7 Å². The van der Waals surface area contributed by atoms with Gasteiger partial charge in [-0.05, 0) is 6.07 Å². The average Bonchev–Trinajstić information content (AvgIpc) is 2.74. The molecule has 9 heteroatoms. The Morgan fingerprint density at radius 1 is 1.27 bits per heavy atom. The number of nitrogens with zero attached hydrogens (tertiary/aromatic N) is 1. The van der Waals surface area contributed by atoms with E-state index < -0.39 is 48.3 Å². The van der Waals surface area contributed by atoms with Gasteiger partial charge in [0, 0.05) is 11.6 Å². The van der Waals surface area contributed by atoms with Gasteiger partial charge in [-0.2, -0.15) is 4.39 Å². The first kappa shape index (κ1) is 15.0. The molecule has 4 N–H and O–H groups in total. The van der Waals surface area contributed by atoms with Crippen molar-refractivity contribution in [1.29, 1.82) is 0 Å². The zero-order valence-electron chi connectivity index (χ0n) is 11.0. The monoisotopic (exact) mass is 314 g/mol. The van der Waals surface area contributed by atoms with E-state index in [1.165, 1.54) is 0 Å². The number of fused-ring (bicyclic) bond motifs is 1. The van der Waals surface area contributed by atoms with Gasteiger partial charge in [0.15, 0.2) is 0 Å². The van der Waals surface area contributed by atoms with Crippen molar-refractivity contribution in [2.24, 2.45) is 0 Å². The van der Waals surface area contributed by atoms with Gasteiger partial charge in [0.25, 0.3) is 5.56 Å². The van der Waals surface area contributed by atoms with Crippen molar-refractivity contribution in [2.45, 2.75) is 24.4 Å². The van der Waals surface area contributed by atoms with Gasteiger partial charge in [-0.1, -0.05) is 0 Å². The fourth-order valence-electron chi connectivity index (χ4n) is 2.50. The molecule has 3 rings (SSSR count). The van der Waals surface area contributed by atoms with Crippen LogP contribution >= 0.6 is 0 Å². The van der Waals surface area contributed by atoms with Gasteiger partial charge in [0.2, 0.25) is 5.95 Å². The van der Waals surface area contributed by atoms with Gasteiger partial charge in [-0.3, -0.25) is 4.79 Å². The van der Waals surface area contributed by atoms with Crippen LogP contribution in [0.4, 0.5) is 8.78 Å². The number of nitrogens with one attached hydrogen (secondary N) is 1. The molecule has 2 aromatic heterocycles. The normalized spacial score (nSPS) is 28.4. The molecule has 1 aliphatic heterocycles. The quantitative estimate of drug-likeness (QED) is 0.548. The predicted molar refractivity (Wildman–Crippen MR) is 69.0 cm³/mol. The fourth-order valence-corrected chi connectivity index (χ4v) is 2.50. The molecule has 0 spiro atoms. The van der Waals surface area contributed by atoms with Gasteiger partial charge < -0.3 is 25.0 Å². The molecule has 0 amide bonds. The molecule has 0 aromatic carbocycles. The molecule has 3 heterocycles. The van der Waals surface area contributed by atoms with Gasteiger partial charge in [-0.15, -0.1) is 0 Å². The lowest BCUT2D eigenvalue weighted by Gasteiger charge is -2.14. The van der Waals surface area contributed by atoms with Gasteiger partial charge in [-0.25, -0.2) is 9.37 Å². The minimum Gasteiger partial charge on any atom is -0.394 e. The van der Waals surface area contributed by atoms with E-state index in [1.54, 1.807) is 0 Å². The van der Waals surface area contributed by atoms with Crippen LogP contribution in [-0.4, -0.2) is 50.2 Å². The third kappa shape index (κ3) is 2.28. The number of aromatic nitrogens is 2. The largest absolute Gasteiger partial charge is 0.394 e. The number of hydrogen-bond acceptors (Lipinski definition) is 6. The molecule has 1 saturated heterocycles. The van der Waals surface area contributed by atoms with Crippen molar-refractivity contribution in [3.05, 3.63) is 39.8 Å². The van der Waals surface area contributed by atoms with Crippen molar-refractivity contribution in [1.82, 2.24) is 9.97 Å². The Morgan fingerprint density at radius 2 is 2.00 bits per heavy atom. The molecule has 1 fully saturated rings. The fraction of sp³-hybridized carbons (Fsp3) is 0.385. The minimum absolute atomic E-state index is 0.151. The molecule has 118 valence electrons. The van der Waals surface area contributed by atoms with Crippen LogP contribution in [0.2, 0.25) is 0 Å². The highest BCUT2D eigenvalue weighted by Crippen LogP contribution is 2.32. The highest BCUT2D eigenvalue weighted by Gasteiger charge is 2.44. The van der Waals surface area contributed by atoms with Crippen LogP contribution in [0.15, 0.2) is 16.9 Å². The molecule has 2 aromatic rings. The summed E-state index contributed by atoms with van der Waals surface area (Å²) in [6.07, 6.45) is -5.16. The standard InChI is InChI=1S/C13H12F2N2O5/c14-6-2-8(15)16-12-4(6)1-5(13(21)17-12)11-10(20)9(19)7(3-18)22-11/h1-2,7,9-11,18-20H,3H2,(H,16,17,21)/t7-,9?,10?,11+/m1/s1. The maximum absolute atomic E-state index is 13.8. The van der Waals surface area contributed by atoms with Crippen LogP contribution in [-0.2, 0) is 4.74 Å². The molecule has 0 radical (unpaired) electrons. The maximum atomic E-state index is 13.8. The lowest BCUT2D eigenvalue weighted by atomic mass is 10.0. The second kappa shape index (κ2) is 5.36. The van der Waals surface area contributed by atoms with Gasteiger partial charge in [0.1, 0.15) is 35.9 Å². The molecule has 0 saturated carbocycles. The summed E-state index contributed by atoms with van der Waals surface area (Å²) >= 11 is 0. The van der Waals surface area contributed by atoms with Gasteiger partial charge >= 0.3 is 0 Å². The summed E-state index contributed by atoms with van der Waals surface area (Å²) in [6.45, 7) is -0.554. The maximum Gasteiger partial charge on any atom is 0.255 e. The number of hydrogen-bond donors (Lipinski definition) is 4. The summed E-state index contributed by atoms with van der Waals surface area (Å²) in [5.41, 5.74) is -1.19.